The van der Waals surface area contributed by atoms with Crippen LogP contribution in [0.3, 0.4) is 0 Å². The van der Waals surface area contributed by atoms with E-state index in [4.69, 9.17) is 10.3 Å². The normalized spacial score (nSPS) is 11.3. The van der Waals surface area contributed by atoms with Crippen LogP contribution in [0.1, 0.15) is 17.2 Å². The van der Waals surface area contributed by atoms with Gasteiger partial charge in [-0.3, -0.25) is 5.32 Å². The zero-order chi connectivity index (χ0) is 13.2. The standard InChI is InChI=1S/C12H15N5O/c1-18-9-10-4-2-3-5-11(10)12(8-13)15-6-7-16-17-14/h2-5,12,15H,6-7,9H2,1H3. The summed E-state index contributed by atoms with van der Waals surface area (Å²) >= 11 is 0. The molecule has 0 heterocycles. The number of benzene rings is 1. The zero-order valence-corrected chi connectivity index (χ0v) is 10.2. The van der Waals surface area contributed by atoms with Crippen LogP contribution >= 0.6 is 0 Å². The first-order chi connectivity index (χ1) is 8.83. The maximum Gasteiger partial charge on any atom is 0.121 e. The summed E-state index contributed by atoms with van der Waals surface area (Å²) in [5.41, 5.74) is 10.0. The molecular weight excluding hydrogens is 230 g/mol. The Kier molecular flexibility index (Phi) is 6.30. The molecule has 0 aliphatic rings. The third-order valence-corrected chi connectivity index (χ3v) is 2.42. The third-order valence-electron chi connectivity index (χ3n) is 2.42. The van der Waals surface area contributed by atoms with Gasteiger partial charge in [-0.15, -0.1) is 0 Å². The maximum absolute atomic E-state index is 9.17. The molecule has 1 rings (SSSR count). The molecule has 1 aromatic carbocycles. The van der Waals surface area contributed by atoms with E-state index in [0.717, 1.165) is 11.1 Å². The fraction of sp³-hybridized carbons (Fsp3) is 0.417. The van der Waals surface area contributed by atoms with Gasteiger partial charge in [0, 0.05) is 25.1 Å². The summed E-state index contributed by atoms with van der Waals surface area (Å²) in [5.74, 6) is 0. The van der Waals surface area contributed by atoms with Crippen molar-refractivity contribution < 1.29 is 4.74 Å². The Morgan fingerprint density at radius 1 is 1.56 bits per heavy atom. The molecule has 0 radical (unpaired) electrons. The lowest BCUT2D eigenvalue weighted by atomic mass is 10.0. The fourth-order valence-corrected chi connectivity index (χ4v) is 1.63. The number of nitriles is 1. The molecule has 1 N–H and O–H groups in total. The van der Waals surface area contributed by atoms with Gasteiger partial charge >= 0.3 is 0 Å². The van der Waals surface area contributed by atoms with E-state index in [1.165, 1.54) is 0 Å². The topological polar surface area (TPSA) is 93.8 Å². The first-order valence-corrected chi connectivity index (χ1v) is 5.54. The molecule has 0 aromatic heterocycles. The van der Waals surface area contributed by atoms with E-state index >= 15 is 0 Å². The molecule has 0 bridgehead atoms. The van der Waals surface area contributed by atoms with Gasteiger partial charge < -0.3 is 4.74 Å². The van der Waals surface area contributed by atoms with E-state index in [1.807, 2.05) is 24.3 Å². The van der Waals surface area contributed by atoms with E-state index in [1.54, 1.807) is 7.11 Å². The van der Waals surface area contributed by atoms with Crippen molar-refractivity contribution in [3.05, 3.63) is 45.8 Å². The minimum Gasteiger partial charge on any atom is -0.380 e. The summed E-state index contributed by atoms with van der Waals surface area (Å²) < 4.78 is 5.10. The van der Waals surface area contributed by atoms with E-state index in [-0.39, 0.29) is 0 Å². The molecule has 6 nitrogen and oxygen atoms in total. The number of methoxy groups -OCH3 is 1. The summed E-state index contributed by atoms with van der Waals surface area (Å²) in [6.07, 6.45) is 0. The highest BCUT2D eigenvalue weighted by atomic mass is 16.5. The molecule has 0 aliphatic carbocycles. The number of nitrogens with zero attached hydrogens (tertiary/aromatic N) is 4. The molecule has 1 unspecified atom stereocenters. The number of azide groups is 1. The van der Waals surface area contributed by atoms with Crippen molar-refractivity contribution >= 4 is 0 Å². The second-order valence-corrected chi connectivity index (χ2v) is 3.60. The predicted molar refractivity (Wildman–Crippen MR) is 67.5 cm³/mol. The van der Waals surface area contributed by atoms with Crippen LogP contribution in [-0.2, 0) is 11.3 Å². The van der Waals surface area contributed by atoms with Gasteiger partial charge in [-0.05, 0) is 16.7 Å². The number of nitrogens with one attached hydrogen (secondary N) is 1. The predicted octanol–water partition coefficient (Wildman–Crippen LogP) is 2.30. The van der Waals surface area contributed by atoms with Crippen LogP contribution in [0.4, 0.5) is 0 Å². The van der Waals surface area contributed by atoms with Crippen molar-refractivity contribution in [2.75, 3.05) is 20.2 Å². The van der Waals surface area contributed by atoms with E-state index < -0.39 is 6.04 Å². The molecule has 1 atom stereocenters. The summed E-state index contributed by atoms with van der Waals surface area (Å²) in [6, 6.07) is 9.38. The molecule has 6 heteroatoms. The lowest BCUT2D eigenvalue weighted by molar-refractivity contribution is 0.184. The molecule has 18 heavy (non-hydrogen) atoms. The molecule has 0 fully saturated rings. The third kappa shape index (κ3) is 4.07. The van der Waals surface area contributed by atoms with E-state index in [2.05, 4.69) is 21.4 Å². The Morgan fingerprint density at radius 3 is 3.00 bits per heavy atom. The first-order valence-electron chi connectivity index (χ1n) is 5.54. The van der Waals surface area contributed by atoms with Crippen LogP contribution < -0.4 is 5.32 Å². The minimum absolute atomic E-state index is 0.321. The minimum atomic E-state index is -0.426. The van der Waals surface area contributed by atoms with Crippen LogP contribution in [0.5, 0.6) is 0 Å². The maximum atomic E-state index is 9.17. The molecule has 0 saturated carbocycles. The monoisotopic (exact) mass is 245 g/mol. The molecule has 0 spiro atoms. The van der Waals surface area contributed by atoms with E-state index in [0.29, 0.717) is 19.7 Å². The highest BCUT2D eigenvalue weighted by Crippen LogP contribution is 2.18. The van der Waals surface area contributed by atoms with Gasteiger partial charge in [0.25, 0.3) is 0 Å². The Hall–Kier alpha value is -2.06. The average molecular weight is 245 g/mol. The van der Waals surface area contributed by atoms with Gasteiger partial charge in [0.2, 0.25) is 0 Å². The molecule has 0 aliphatic heterocycles. The van der Waals surface area contributed by atoms with Gasteiger partial charge in [-0.25, -0.2) is 0 Å². The van der Waals surface area contributed by atoms with Crippen molar-refractivity contribution in [3.8, 4) is 6.07 Å². The second kappa shape index (κ2) is 8.09. The Morgan fingerprint density at radius 2 is 2.33 bits per heavy atom. The van der Waals surface area contributed by atoms with Gasteiger partial charge in [-0.1, -0.05) is 29.4 Å². The van der Waals surface area contributed by atoms with Crippen molar-refractivity contribution in [2.45, 2.75) is 12.6 Å². The van der Waals surface area contributed by atoms with Crippen molar-refractivity contribution in [1.29, 1.82) is 5.26 Å². The highest BCUT2D eigenvalue weighted by molar-refractivity contribution is 5.32. The Bertz CT molecular complexity index is 462. The Labute approximate surface area is 106 Å². The molecule has 1 aromatic rings. The van der Waals surface area contributed by atoms with Crippen LogP contribution in [0.2, 0.25) is 0 Å². The molecular formula is C12H15N5O. The SMILES string of the molecule is COCc1ccccc1C(C#N)NCCN=[N+]=[N-]. The summed E-state index contributed by atoms with van der Waals surface area (Å²) in [5, 5.41) is 15.6. The molecule has 0 amide bonds. The van der Waals surface area contributed by atoms with Gasteiger partial charge in [0.15, 0.2) is 0 Å². The van der Waals surface area contributed by atoms with Crippen LogP contribution in [0.25, 0.3) is 10.4 Å². The quantitative estimate of drug-likeness (QED) is 0.345. The number of rotatable bonds is 7. The molecule has 0 saturated heterocycles. The largest absolute Gasteiger partial charge is 0.380 e. The fourth-order valence-electron chi connectivity index (χ4n) is 1.63. The number of ether oxygens (including phenoxy) is 1. The van der Waals surface area contributed by atoms with Gasteiger partial charge in [0.05, 0.1) is 12.7 Å². The molecule has 94 valence electrons. The summed E-state index contributed by atoms with van der Waals surface area (Å²) in [6.45, 7) is 1.25. The summed E-state index contributed by atoms with van der Waals surface area (Å²) in [7, 11) is 1.62. The van der Waals surface area contributed by atoms with Crippen LogP contribution in [-0.4, -0.2) is 20.2 Å². The Balaban J connectivity index is 2.75. The van der Waals surface area contributed by atoms with Gasteiger partial charge in [-0.2, -0.15) is 5.26 Å². The van der Waals surface area contributed by atoms with Crippen molar-refractivity contribution in [2.24, 2.45) is 5.11 Å². The van der Waals surface area contributed by atoms with E-state index in [9.17, 15) is 5.26 Å². The first kappa shape index (κ1) is 14.0. The van der Waals surface area contributed by atoms with Gasteiger partial charge in [0.1, 0.15) is 6.04 Å². The van der Waals surface area contributed by atoms with Crippen LogP contribution in [0, 0.1) is 11.3 Å². The lowest BCUT2D eigenvalue weighted by Crippen LogP contribution is -2.23. The summed E-state index contributed by atoms with van der Waals surface area (Å²) in [4.78, 5) is 2.66. The number of hydrogen-bond donors (Lipinski definition) is 1. The second-order valence-electron chi connectivity index (χ2n) is 3.60. The zero-order valence-electron chi connectivity index (χ0n) is 10.2. The van der Waals surface area contributed by atoms with Crippen LogP contribution in [0.15, 0.2) is 29.4 Å². The smallest absolute Gasteiger partial charge is 0.121 e. The lowest BCUT2D eigenvalue weighted by Gasteiger charge is -2.15. The highest BCUT2D eigenvalue weighted by Gasteiger charge is 2.13. The average Bonchev–Trinajstić information content (AvgIpc) is 2.41. The van der Waals surface area contributed by atoms with Crippen molar-refractivity contribution in [1.82, 2.24) is 5.32 Å². The van der Waals surface area contributed by atoms with Crippen molar-refractivity contribution in [3.63, 3.8) is 0 Å². The number of hydrogen-bond acceptors (Lipinski definition) is 4.